The first-order valence-electron chi connectivity index (χ1n) is 12.3. The van der Waals surface area contributed by atoms with Crippen molar-refractivity contribution >= 4 is 16.6 Å². The lowest BCUT2D eigenvalue weighted by molar-refractivity contribution is 0.121. The summed E-state index contributed by atoms with van der Waals surface area (Å²) in [5.41, 5.74) is 3.39. The molecule has 6 nitrogen and oxygen atoms in total. The molecule has 5 rings (SSSR count). The molecular weight excluding hydrogens is 408 g/mol. The first-order chi connectivity index (χ1) is 16.0. The summed E-state index contributed by atoms with van der Waals surface area (Å²) in [5.74, 6) is 2.25. The monoisotopic (exact) mass is 444 g/mol. The number of piperazine rings is 1. The van der Waals surface area contributed by atoms with Crippen LogP contribution in [0.2, 0.25) is 0 Å². The van der Waals surface area contributed by atoms with Gasteiger partial charge in [-0.25, -0.2) is 9.97 Å². The third-order valence-corrected chi connectivity index (χ3v) is 7.57. The van der Waals surface area contributed by atoms with Crippen molar-refractivity contribution in [3.63, 3.8) is 0 Å². The molecule has 174 valence electrons. The number of rotatable bonds is 6. The predicted octanol–water partition coefficient (Wildman–Crippen LogP) is 4.61. The number of nitrogens with one attached hydrogen (secondary N) is 1. The fraction of sp³-hybridized carbons (Fsp3) is 0.481. The maximum Gasteiger partial charge on any atom is 0.130 e. The number of hydrogen-bond acceptors (Lipinski definition) is 5. The molecule has 3 aromatic rings. The van der Waals surface area contributed by atoms with Crippen LogP contribution in [0.4, 0.5) is 5.82 Å². The second-order valence-electron chi connectivity index (χ2n) is 9.99. The standard InChI is InChI=1S/C27H36N6/c1-20(22-6-4-21(5-7-22)18-33-12-10-31(2)11-13-33)30-27-15-25-14-23(8-9-24(25)16-29-27)26-17-28-19-32(26)3/h8-9,14-17,19,21-22H,1,4-7,10-13,18H2,2-3H3,(H,29,30)/t21-,22-. The highest BCUT2D eigenvalue weighted by molar-refractivity contribution is 5.88. The summed E-state index contributed by atoms with van der Waals surface area (Å²) >= 11 is 0. The maximum atomic E-state index is 4.65. The predicted molar refractivity (Wildman–Crippen MR) is 136 cm³/mol. The van der Waals surface area contributed by atoms with Gasteiger partial charge in [-0.15, -0.1) is 0 Å². The second kappa shape index (κ2) is 9.65. The Morgan fingerprint density at radius 1 is 1.00 bits per heavy atom. The van der Waals surface area contributed by atoms with Crippen molar-refractivity contribution in [1.29, 1.82) is 0 Å². The van der Waals surface area contributed by atoms with Crippen molar-refractivity contribution in [2.75, 3.05) is 45.1 Å². The summed E-state index contributed by atoms with van der Waals surface area (Å²) < 4.78 is 2.05. The third-order valence-electron chi connectivity index (χ3n) is 7.57. The number of allylic oxidation sites excluding steroid dienone is 1. The molecule has 1 N–H and O–H groups in total. The van der Waals surface area contributed by atoms with Gasteiger partial charge < -0.3 is 19.7 Å². The summed E-state index contributed by atoms with van der Waals surface area (Å²) in [6.45, 7) is 10.5. The number of aromatic nitrogens is 3. The molecule has 33 heavy (non-hydrogen) atoms. The van der Waals surface area contributed by atoms with E-state index in [-0.39, 0.29) is 0 Å². The number of hydrogen-bond donors (Lipinski definition) is 1. The zero-order valence-corrected chi connectivity index (χ0v) is 20.0. The van der Waals surface area contributed by atoms with E-state index in [1.165, 1.54) is 63.8 Å². The van der Waals surface area contributed by atoms with Crippen LogP contribution in [0.1, 0.15) is 25.7 Å². The Morgan fingerprint density at radius 2 is 1.79 bits per heavy atom. The lowest BCUT2D eigenvalue weighted by atomic mass is 9.80. The molecule has 0 atom stereocenters. The highest BCUT2D eigenvalue weighted by Gasteiger charge is 2.26. The molecule has 1 saturated heterocycles. The van der Waals surface area contributed by atoms with E-state index in [9.17, 15) is 0 Å². The topological polar surface area (TPSA) is 49.2 Å². The Balaban J connectivity index is 1.18. The Labute approximate surface area is 197 Å². The summed E-state index contributed by atoms with van der Waals surface area (Å²) in [6.07, 6.45) is 10.7. The SMILES string of the molecule is C=C(Nc1cc2cc(-c3cncn3C)ccc2cn1)[C@H]1CC[C@H](CN2CCN(C)CC2)CC1. The number of aryl methyl sites for hydroxylation is 1. The summed E-state index contributed by atoms with van der Waals surface area (Å²) in [5, 5.41) is 5.85. The minimum absolute atomic E-state index is 0.534. The maximum absolute atomic E-state index is 4.65. The fourth-order valence-corrected chi connectivity index (χ4v) is 5.36. The molecule has 2 fully saturated rings. The normalized spacial score (nSPS) is 22.5. The number of fused-ring (bicyclic) bond motifs is 1. The van der Waals surface area contributed by atoms with Gasteiger partial charge in [-0.05, 0) is 62.1 Å². The van der Waals surface area contributed by atoms with Gasteiger partial charge in [-0.1, -0.05) is 18.7 Å². The van der Waals surface area contributed by atoms with E-state index in [1.807, 2.05) is 30.3 Å². The van der Waals surface area contributed by atoms with Crippen LogP contribution in [0.3, 0.4) is 0 Å². The number of pyridine rings is 1. The van der Waals surface area contributed by atoms with E-state index in [1.54, 1.807) is 0 Å². The molecule has 0 bridgehead atoms. The fourth-order valence-electron chi connectivity index (χ4n) is 5.36. The van der Waals surface area contributed by atoms with Crippen LogP contribution >= 0.6 is 0 Å². The lowest BCUT2D eigenvalue weighted by Crippen LogP contribution is -2.46. The van der Waals surface area contributed by atoms with Crippen molar-refractivity contribution in [2.24, 2.45) is 18.9 Å². The number of benzene rings is 1. The molecule has 1 aliphatic carbocycles. The van der Waals surface area contributed by atoms with Gasteiger partial charge in [-0.3, -0.25) is 0 Å². The Hall–Kier alpha value is -2.70. The van der Waals surface area contributed by atoms with Crippen LogP contribution in [0.25, 0.3) is 22.0 Å². The van der Waals surface area contributed by atoms with Crippen LogP contribution < -0.4 is 5.32 Å². The van der Waals surface area contributed by atoms with Crippen molar-refractivity contribution in [2.45, 2.75) is 25.7 Å². The quantitative estimate of drug-likeness (QED) is 0.601. The van der Waals surface area contributed by atoms with Crippen molar-refractivity contribution < 1.29 is 0 Å². The molecule has 0 unspecified atom stereocenters. The van der Waals surface area contributed by atoms with Gasteiger partial charge in [0, 0.05) is 62.6 Å². The van der Waals surface area contributed by atoms with Crippen LogP contribution in [0.15, 0.2) is 55.3 Å². The van der Waals surface area contributed by atoms with Gasteiger partial charge in [0.25, 0.3) is 0 Å². The van der Waals surface area contributed by atoms with E-state index in [2.05, 4.69) is 63.0 Å². The molecule has 0 amide bonds. The minimum Gasteiger partial charge on any atom is -0.344 e. The first-order valence-corrected chi connectivity index (χ1v) is 12.3. The average molecular weight is 445 g/mol. The number of likely N-dealkylation sites (N-methyl/N-ethyl adjacent to an activating group) is 1. The van der Waals surface area contributed by atoms with Crippen LogP contribution in [-0.2, 0) is 7.05 Å². The minimum atomic E-state index is 0.534. The van der Waals surface area contributed by atoms with E-state index >= 15 is 0 Å². The number of anilines is 1. The molecule has 3 heterocycles. The summed E-state index contributed by atoms with van der Waals surface area (Å²) in [7, 11) is 4.25. The largest absolute Gasteiger partial charge is 0.344 e. The van der Waals surface area contributed by atoms with E-state index < -0.39 is 0 Å². The van der Waals surface area contributed by atoms with Gasteiger partial charge in [0.05, 0.1) is 18.2 Å². The van der Waals surface area contributed by atoms with Crippen LogP contribution in [0.5, 0.6) is 0 Å². The molecule has 2 aliphatic rings. The molecule has 6 heteroatoms. The third kappa shape index (κ3) is 5.12. The lowest BCUT2D eigenvalue weighted by Gasteiger charge is -2.37. The highest BCUT2D eigenvalue weighted by atomic mass is 15.2. The number of imidazole rings is 1. The van der Waals surface area contributed by atoms with Gasteiger partial charge in [0.1, 0.15) is 5.82 Å². The zero-order chi connectivity index (χ0) is 22.8. The average Bonchev–Trinajstić information content (AvgIpc) is 3.26. The smallest absolute Gasteiger partial charge is 0.130 e. The molecule has 0 radical (unpaired) electrons. The van der Waals surface area contributed by atoms with Crippen molar-refractivity contribution in [3.05, 3.63) is 55.3 Å². The summed E-state index contributed by atoms with van der Waals surface area (Å²) in [4.78, 5) is 14.0. The van der Waals surface area contributed by atoms with E-state index in [0.717, 1.165) is 34.1 Å². The van der Waals surface area contributed by atoms with Crippen LogP contribution in [0, 0.1) is 11.8 Å². The first kappa shape index (κ1) is 22.1. The van der Waals surface area contributed by atoms with Gasteiger partial charge in [-0.2, -0.15) is 0 Å². The van der Waals surface area contributed by atoms with Gasteiger partial charge >= 0.3 is 0 Å². The highest BCUT2D eigenvalue weighted by Crippen LogP contribution is 2.34. The van der Waals surface area contributed by atoms with Crippen molar-refractivity contribution in [1.82, 2.24) is 24.3 Å². The molecule has 1 aromatic carbocycles. The molecule has 1 aliphatic heterocycles. The zero-order valence-electron chi connectivity index (χ0n) is 20.0. The van der Waals surface area contributed by atoms with E-state index in [4.69, 9.17) is 0 Å². The Bertz CT molecular complexity index is 1100. The second-order valence-corrected chi connectivity index (χ2v) is 9.99. The Kier molecular flexibility index (Phi) is 6.47. The molecule has 1 saturated carbocycles. The molecular formula is C27H36N6. The summed E-state index contributed by atoms with van der Waals surface area (Å²) in [6, 6.07) is 8.61. The van der Waals surface area contributed by atoms with E-state index in [0.29, 0.717) is 5.92 Å². The van der Waals surface area contributed by atoms with Crippen molar-refractivity contribution in [3.8, 4) is 11.3 Å². The molecule has 2 aromatic heterocycles. The number of nitrogens with zero attached hydrogens (tertiary/aromatic N) is 5. The van der Waals surface area contributed by atoms with Gasteiger partial charge in [0.2, 0.25) is 0 Å². The van der Waals surface area contributed by atoms with Gasteiger partial charge in [0.15, 0.2) is 0 Å². The Morgan fingerprint density at radius 3 is 2.52 bits per heavy atom. The molecule has 0 spiro atoms. The van der Waals surface area contributed by atoms with Crippen LogP contribution in [-0.4, -0.2) is 64.1 Å².